The van der Waals surface area contributed by atoms with Gasteiger partial charge in [-0.2, -0.15) is 0 Å². The van der Waals surface area contributed by atoms with Crippen molar-refractivity contribution in [1.29, 1.82) is 0 Å². The van der Waals surface area contributed by atoms with Gasteiger partial charge in [0.25, 0.3) is 0 Å². The molecule has 0 aromatic heterocycles. The zero-order chi connectivity index (χ0) is 35.7. The molecule has 0 bridgehead atoms. The molecule has 0 fully saturated rings. The standard InChI is InChI=1S/3C7H8O2.2C7H8O.2C2H6.CH3.Y/c1-9-7-4-2-6(8)3-5-7;1-9-7-4-2-3-6(8)5-7;1-9-7-5-3-2-4-6(7)8;2*1-8-7-5-3-2-4-6-7;2*1-2;;/h3*2-5,8H,1H3;2*2-6H,1H3;2*1-2H3;1H3;/q;;;;;;;-1;. The second-order valence-corrected chi connectivity index (χ2v) is 8.11. The Labute approximate surface area is 320 Å². The summed E-state index contributed by atoms with van der Waals surface area (Å²) in [6, 6.07) is 39.4. The number of para-hydroxylation sites is 4. The van der Waals surface area contributed by atoms with E-state index in [1.165, 1.54) is 7.11 Å². The molecule has 0 spiro atoms. The van der Waals surface area contributed by atoms with E-state index in [4.69, 9.17) is 39.0 Å². The maximum absolute atomic E-state index is 8.99. The van der Waals surface area contributed by atoms with Crippen LogP contribution in [0.15, 0.2) is 133 Å². The topological polar surface area (TPSA) is 107 Å². The van der Waals surface area contributed by atoms with Gasteiger partial charge in [0, 0.05) is 38.8 Å². The summed E-state index contributed by atoms with van der Waals surface area (Å²) < 4.78 is 24.3. The number of phenols is 3. The number of rotatable bonds is 5. The zero-order valence-corrected chi connectivity index (χ0v) is 33.5. The maximum Gasteiger partial charge on any atom is 0.160 e. The SMILES string of the molecule is CC.CC.COc1ccc(O)cc1.COc1cccc(O)c1.COc1ccccc1.COc1ccccc1.COc1ccccc1O.[CH3-].[Y]. The third kappa shape index (κ3) is 27.3. The molecule has 5 aromatic rings. The largest absolute Gasteiger partial charge is 0.508 e. The van der Waals surface area contributed by atoms with E-state index in [1.807, 2.05) is 88.4 Å². The summed E-state index contributed by atoms with van der Waals surface area (Å²) in [6.07, 6.45) is 0. The van der Waals surface area contributed by atoms with Gasteiger partial charge in [-0.15, -0.1) is 0 Å². The molecule has 3 N–H and O–H groups in total. The van der Waals surface area contributed by atoms with Crippen LogP contribution in [0.1, 0.15) is 27.7 Å². The molecule has 49 heavy (non-hydrogen) atoms. The summed E-state index contributed by atoms with van der Waals surface area (Å²) in [6.45, 7) is 8.00. The Balaban J connectivity index is -0.000000249. The van der Waals surface area contributed by atoms with Crippen LogP contribution in [0, 0.1) is 7.43 Å². The minimum Gasteiger partial charge on any atom is -0.508 e. The van der Waals surface area contributed by atoms with Crippen molar-refractivity contribution in [1.82, 2.24) is 0 Å². The van der Waals surface area contributed by atoms with Crippen LogP contribution < -0.4 is 23.7 Å². The van der Waals surface area contributed by atoms with Crippen molar-refractivity contribution in [2.24, 2.45) is 0 Å². The maximum atomic E-state index is 8.99. The average molecular weight is 753 g/mol. The van der Waals surface area contributed by atoms with Crippen molar-refractivity contribution in [3.8, 4) is 46.0 Å². The minimum absolute atomic E-state index is 0. The normalized spacial score (nSPS) is 8.02. The second kappa shape index (κ2) is 36.4. The van der Waals surface area contributed by atoms with Crippen molar-refractivity contribution < 1.29 is 71.7 Å². The predicted octanol–water partition coefficient (Wildman–Crippen LogP) is 10.1. The van der Waals surface area contributed by atoms with Gasteiger partial charge < -0.3 is 46.4 Å². The van der Waals surface area contributed by atoms with Gasteiger partial charge in [0.15, 0.2) is 11.5 Å². The van der Waals surface area contributed by atoms with Gasteiger partial charge in [-0.3, -0.25) is 0 Å². The van der Waals surface area contributed by atoms with E-state index in [2.05, 4.69) is 0 Å². The predicted molar refractivity (Wildman–Crippen MR) is 199 cm³/mol. The van der Waals surface area contributed by atoms with Crippen molar-refractivity contribution in [2.45, 2.75) is 27.7 Å². The van der Waals surface area contributed by atoms with Crippen molar-refractivity contribution in [3.05, 3.63) is 141 Å². The van der Waals surface area contributed by atoms with Gasteiger partial charge in [0.1, 0.15) is 34.5 Å². The molecule has 8 nitrogen and oxygen atoms in total. The second-order valence-electron chi connectivity index (χ2n) is 8.11. The molecular weight excluding hydrogens is 697 g/mol. The van der Waals surface area contributed by atoms with Crippen molar-refractivity contribution in [3.63, 3.8) is 0 Å². The summed E-state index contributed by atoms with van der Waals surface area (Å²) in [7, 11) is 8.00. The fourth-order valence-electron chi connectivity index (χ4n) is 2.94. The number of hydrogen-bond donors (Lipinski definition) is 3. The molecule has 0 aliphatic rings. The van der Waals surface area contributed by atoms with Crippen LogP contribution in [-0.2, 0) is 32.7 Å². The van der Waals surface area contributed by atoms with E-state index in [9.17, 15) is 0 Å². The quantitative estimate of drug-likeness (QED) is 0.152. The van der Waals surface area contributed by atoms with E-state index in [-0.39, 0.29) is 57.4 Å². The van der Waals surface area contributed by atoms with Crippen LogP contribution in [-0.4, -0.2) is 50.9 Å². The fourth-order valence-corrected chi connectivity index (χ4v) is 2.94. The molecule has 0 aliphatic heterocycles. The van der Waals surface area contributed by atoms with E-state index >= 15 is 0 Å². The number of hydrogen-bond acceptors (Lipinski definition) is 8. The molecule has 0 amide bonds. The van der Waals surface area contributed by atoms with Crippen LogP contribution >= 0.6 is 0 Å². The molecule has 0 aliphatic carbocycles. The van der Waals surface area contributed by atoms with Gasteiger partial charge in [-0.25, -0.2) is 0 Å². The Hall–Kier alpha value is -4.40. The Morgan fingerprint density at radius 2 is 0.735 bits per heavy atom. The molecule has 0 unspecified atom stereocenters. The molecule has 0 saturated carbocycles. The first-order valence-corrected chi connectivity index (χ1v) is 15.0. The van der Waals surface area contributed by atoms with Gasteiger partial charge in [0.05, 0.1) is 35.5 Å². The summed E-state index contributed by atoms with van der Waals surface area (Å²) in [5.74, 6) is 4.44. The zero-order valence-electron chi connectivity index (χ0n) is 30.7. The van der Waals surface area contributed by atoms with Crippen molar-refractivity contribution >= 4 is 0 Å². The fraction of sp³-hybridized carbons (Fsp3) is 0.225. The molecule has 267 valence electrons. The molecule has 5 rings (SSSR count). The molecule has 5 aromatic carbocycles. The molecular formula is C40H55O8Y-. The Bertz CT molecular complexity index is 1330. The summed E-state index contributed by atoms with van der Waals surface area (Å²) in [5, 5.41) is 26.6. The summed E-state index contributed by atoms with van der Waals surface area (Å²) in [5.41, 5.74) is 0. The summed E-state index contributed by atoms with van der Waals surface area (Å²) in [4.78, 5) is 0. The first-order valence-electron chi connectivity index (χ1n) is 15.0. The third-order valence-electron chi connectivity index (χ3n) is 5.17. The van der Waals surface area contributed by atoms with Crippen LogP contribution in [0.3, 0.4) is 0 Å². The van der Waals surface area contributed by atoms with E-state index in [0.717, 1.165) is 17.2 Å². The van der Waals surface area contributed by atoms with Gasteiger partial charge in [-0.05, 0) is 72.8 Å². The smallest absolute Gasteiger partial charge is 0.160 e. The Kier molecular flexibility index (Phi) is 38.3. The first-order chi connectivity index (χ1) is 22.9. The van der Waals surface area contributed by atoms with Crippen LogP contribution in [0.5, 0.6) is 46.0 Å². The minimum atomic E-state index is 0. The third-order valence-corrected chi connectivity index (χ3v) is 5.17. The van der Waals surface area contributed by atoms with Crippen LogP contribution in [0.4, 0.5) is 0 Å². The molecule has 0 heterocycles. The van der Waals surface area contributed by atoms with Gasteiger partial charge >= 0.3 is 0 Å². The van der Waals surface area contributed by atoms with Gasteiger partial charge in [-0.1, -0.05) is 82.3 Å². The number of benzene rings is 5. The average Bonchev–Trinajstić information content (AvgIpc) is 3.15. The van der Waals surface area contributed by atoms with E-state index in [0.29, 0.717) is 11.5 Å². The van der Waals surface area contributed by atoms with Crippen molar-refractivity contribution in [2.75, 3.05) is 35.5 Å². The van der Waals surface area contributed by atoms with Gasteiger partial charge in [0.2, 0.25) is 0 Å². The van der Waals surface area contributed by atoms with Crippen LogP contribution in [0.2, 0.25) is 0 Å². The Morgan fingerprint density at radius 1 is 0.367 bits per heavy atom. The monoisotopic (exact) mass is 752 g/mol. The Morgan fingerprint density at radius 3 is 1.04 bits per heavy atom. The summed E-state index contributed by atoms with van der Waals surface area (Å²) >= 11 is 0. The molecule has 0 saturated heterocycles. The van der Waals surface area contributed by atoms with Crippen LogP contribution in [0.25, 0.3) is 0 Å². The number of methoxy groups -OCH3 is 5. The number of phenolic OH excluding ortho intramolecular Hbond substituents is 3. The molecule has 1 radical (unpaired) electrons. The number of aromatic hydroxyl groups is 3. The number of ether oxygens (including phenoxy) is 5. The van der Waals surface area contributed by atoms with E-state index in [1.54, 1.807) is 101 Å². The molecule has 0 atom stereocenters. The molecule has 9 heteroatoms. The van der Waals surface area contributed by atoms with E-state index < -0.39 is 0 Å². The first kappa shape index (κ1) is 51.4.